The molecule has 1 unspecified atom stereocenters. The second-order valence-corrected chi connectivity index (χ2v) is 9.71. The predicted octanol–water partition coefficient (Wildman–Crippen LogP) is 3.65. The number of benzene rings is 2. The molecule has 168 valence electrons. The predicted molar refractivity (Wildman–Crippen MR) is 124 cm³/mol. The summed E-state index contributed by atoms with van der Waals surface area (Å²) >= 11 is 0. The number of anilines is 2. The van der Waals surface area contributed by atoms with Crippen LogP contribution in [0.25, 0.3) is 0 Å². The lowest BCUT2D eigenvalue weighted by Gasteiger charge is -2.44. The highest BCUT2D eigenvalue weighted by molar-refractivity contribution is 6.03. The maximum absolute atomic E-state index is 12.2. The van der Waals surface area contributed by atoms with Gasteiger partial charge < -0.3 is 15.0 Å². The highest BCUT2D eigenvalue weighted by atomic mass is 16.7. The summed E-state index contributed by atoms with van der Waals surface area (Å²) in [4.78, 5) is 20.8. The summed E-state index contributed by atoms with van der Waals surface area (Å²) in [5.41, 5.74) is 6.31. The molecule has 0 spiro atoms. The van der Waals surface area contributed by atoms with Gasteiger partial charge in [0.15, 0.2) is 0 Å². The second kappa shape index (κ2) is 7.78. The van der Waals surface area contributed by atoms with Crippen LogP contribution in [0.5, 0.6) is 5.75 Å². The fraction of sp³-hybridized carbons (Fsp3) is 0.500. The molecule has 3 atom stereocenters. The van der Waals surface area contributed by atoms with Gasteiger partial charge in [-0.25, -0.2) is 4.84 Å². The topological polar surface area (TPSA) is 50.8 Å². The summed E-state index contributed by atoms with van der Waals surface area (Å²) in [6.45, 7) is 4.30. The number of hydrogen-bond acceptors (Lipinski definition) is 4. The normalized spacial score (nSPS) is 27.4. The zero-order chi connectivity index (χ0) is 21.7. The van der Waals surface area contributed by atoms with Gasteiger partial charge in [-0.3, -0.25) is 4.79 Å². The van der Waals surface area contributed by atoms with E-state index in [1.165, 1.54) is 22.4 Å². The van der Waals surface area contributed by atoms with Gasteiger partial charge in [-0.2, -0.15) is 4.65 Å². The van der Waals surface area contributed by atoms with Crippen LogP contribution in [0.2, 0.25) is 0 Å². The lowest BCUT2D eigenvalue weighted by atomic mass is 9.88. The Kier molecular flexibility index (Phi) is 4.88. The van der Waals surface area contributed by atoms with E-state index in [4.69, 9.17) is 9.57 Å². The van der Waals surface area contributed by atoms with E-state index in [-0.39, 0.29) is 5.91 Å². The van der Waals surface area contributed by atoms with Crippen molar-refractivity contribution < 1.29 is 19.0 Å². The molecule has 0 saturated carbocycles. The standard InChI is InChI=1S/C26H31N3O3/c1-31-29(13-3-2-6-18-7-4-8-19-12-15-32-26(18)19)14-11-23-21(17-29)20-9-5-10-22-25(20)28(23)16-24(30)27-22/h4-5,7-10,21,23H,2-3,6,11-17H2,1H3/p+1/t21-,23-,29?/m0/s1. The average molecular weight is 435 g/mol. The molecule has 1 saturated heterocycles. The smallest absolute Gasteiger partial charge is 0.243 e. The van der Waals surface area contributed by atoms with Crippen LogP contribution in [-0.4, -0.2) is 56.5 Å². The van der Waals surface area contributed by atoms with Crippen molar-refractivity contribution in [3.63, 3.8) is 0 Å². The molecule has 0 radical (unpaired) electrons. The molecular formula is C26H32N3O3+. The summed E-state index contributed by atoms with van der Waals surface area (Å²) in [6.07, 6.45) is 5.43. The lowest BCUT2D eigenvalue weighted by molar-refractivity contribution is -1.11. The quantitative estimate of drug-likeness (QED) is 0.557. The van der Waals surface area contributed by atoms with Crippen LogP contribution in [0.15, 0.2) is 36.4 Å². The van der Waals surface area contributed by atoms with Gasteiger partial charge in [-0.1, -0.05) is 30.3 Å². The van der Waals surface area contributed by atoms with Crippen LogP contribution in [0.1, 0.15) is 41.9 Å². The molecule has 0 bridgehead atoms. The number of para-hydroxylation sites is 2. The number of amides is 1. The number of fused-ring (bicyclic) bond motifs is 4. The minimum absolute atomic E-state index is 0.102. The van der Waals surface area contributed by atoms with E-state index in [1.807, 2.05) is 13.2 Å². The van der Waals surface area contributed by atoms with Crippen LogP contribution in [-0.2, 0) is 22.5 Å². The Morgan fingerprint density at radius 2 is 2.12 bits per heavy atom. The number of nitrogens with zero attached hydrogens (tertiary/aromatic N) is 2. The Bertz CT molecular complexity index is 1050. The first-order valence-electron chi connectivity index (χ1n) is 12.0. The van der Waals surface area contributed by atoms with E-state index in [0.717, 1.165) is 69.8 Å². The molecule has 1 amide bonds. The molecule has 1 fully saturated rings. The first kappa shape index (κ1) is 20.1. The van der Waals surface area contributed by atoms with Crippen molar-refractivity contribution in [2.75, 3.05) is 50.1 Å². The largest absolute Gasteiger partial charge is 0.493 e. The van der Waals surface area contributed by atoms with E-state index in [2.05, 4.69) is 40.5 Å². The third-order valence-corrected chi connectivity index (χ3v) is 8.01. The van der Waals surface area contributed by atoms with Gasteiger partial charge in [-0.05, 0) is 42.0 Å². The number of hydroxylamine groups is 3. The monoisotopic (exact) mass is 434 g/mol. The number of rotatable bonds is 6. The molecule has 4 heterocycles. The summed E-state index contributed by atoms with van der Waals surface area (Å²) in [7, 11) is 1.87. The van der Waals surface area contributed by atoms with Gasteiger partial charge in [0.25, 0.3) is 0 Å². The van der Waals surface area contributed by atoms with Crippen LogP contribution >= 0.6 is 0 Å². The molecule has 6 rings (SSSR count). The van der Waals surface area contributed by atoms with E-state index in [0.29, 0.717) is 23.2 Å². The van der Waals surface area contributed by atoms with Crippen molar-refractivity contribution >= 4 is 17.3 Å². The van der Waals surface area contributed by atoms with E-state index < -0.39 is 0 Å². The Morgan fingerprint density at radius 3 is 3.03 bits per heavy atom. The van der Waals surface area contributed by atoms with Crippen molar-refractivity contribution in [3.8, 4) is 5.75 Å². The number of hydrogen-bond donors (Lipinski definition) is 1. The van der Waals surface area contributed by atoms with Gasteiger partial charge in [0.1, 0.15) is 25.4 Å². The zero-order valence-electron chi connectivity index (χ0n) is 18.8. The Balaban J connectivity index is 1.14. The molecule has 0 aliphatic carbocycles. The number of unbranched alkanes of at least 4 members (excludes halogenated alkanes) is 1. The van der Waals surface area contributed by atoms with Gasteiger partial charge in [0.2, 0.25) is 5.91 Å². The van der Waals surface area contributed by atoms with Gasteiger partial charge in [0.05, 0.1) is 37.6 Å². The number of carbonyl (C=O) groups is 1. The SMILES string of the molecule is CO[N+]1(CCCCc2cccc3c2OCC3)CC[C@H]2[C@@H](C1)c1cccc3c1N2CC(=O)N3. The summed E-state index contributed by atoms with van der Waals surface area (Å²) in [5, 5.41) is 3.06. The molecule has 32 heavy (non-hydrogen) atoms. The number of nitrogens with one attached hydrogen (secondary N) is 1. The van der Waals surface area contributed by atoms with Crippen LogP contribution in [0.3, 0.4) is 0 Å². The lowest BCUT2D eigenvalue weighted by Crippen LogP contribution is -2.58. The molecule has 2 aromatic rings. The van der Waals surface area contributed by atoms with E-state index in [9.17, 15) is 4.79 Å². The maximum atomic E-state index is 12.2. The molecular weight excluding hydrogens is 402 g/mol. The summed E-state index contributed by atoms with van der Waals surface area (Å²) in [6, 6.07) is 13.3. The van der Waals surface area contributed by atoms with Gasteiger partial charge >= 0.3 is 0 Å². The Labute approximate surface area is 189 Å². The van der Waals surface area contributed by atoms with Crippen molar-refractivity contribution in [3.05, 3.63) is 53.1 Å². The number of piperidine rings is 1. The summed E-state index contributed by atoms with van der Waals surface area (Å²) in [5.74, 6) is 1.65. The van der Waals surface area contributed by atoms with Crippen molar-refractivity contribution in [2.24, 2.45) is 0 Å². The number of carbonyl (C=O) groups excluding carboxylic acids is 1. The fourth-order valence-corrected chi connectivity index (χ4v) is 6.46. The third kappa shape index (κ3) is 3.20. The maximum Gasteiger partial charge on any atom is 0.243 e. The number of ether oxygens (including phenoxy) is 1. The molecule has 6 nitrogen and oxygen atoms in total. The molecule has 2 aromatic carbocycles. The minimum Gasteiger partial charge on any atom is -0.493 e. The minimum atomic E-state index is 0.102. The highest BCUT2D eigenvalue weighted by Crippen LogP contribution is 2.50. The van der Waals surface area contributed by atoms with Crippen molar-refractivity contribution in [1.82, 2.24) is 0 Å². The number of quaternary nitrogens is 1. The first-order chi connectivity index (χ1) is 15.7. The van der Waals surface area contributed by atoms with Crippen LogP contribution in [0.4, 0.5) is 11.4 Å². The fourth-order valence-electron chi connectivity index (χ4n) is 6.46. The van der Waals surface area contributed by atoms with Gasteiger partial charge in [0, 0.05) is 18.9 Å². The molecule has 0 aromatic heterocycles. The average Bonchev–Trinajstić information content (AvgIpc) is 3.41. The molecule has 4 aliphatic heterocycles. The van der Waals surface area contributed by atoms with Gasteiger partial charge in [-0.15, -0.1) is 0 Å². The van der Waals surface area contributed by atoms with Crippen LogP contribution < -0.4 is 15.0 Å². The highest BCUT2D eigenvalue weighted by Gasteiger charge is 2.51. The second-order valence-electron chi connectivity index (χ2n) is 9.71. The number of aryl methyl sites for hydroxylation is 1. The Hall–Kier alpha value is -2.57. The van der Waals surface area contributed by atoms with E-state index in [1.54, 1.807) is 0 Å². The first-order valence-corrected chi connectivity index (χ1v) is 12.0. The van der Waals surface area contributed by atoms with Crippen LogP contribution in [0, 0.1) is 0 Å². The molecule has 6 heteroatoms. The zero-order valence-corrected chi connectivity index (χ0v) is 18.8. The Morgan fingerprint density at radius 1 is 1.22 bits per heavy atom. The summed E-state index contributed by atoms with van der Waals surface area (Å²) < 4.78 is 6.59. The molecule has 1 N–H and O–H groups in total. The third-order valence-electron chi connectivity index (χ3n) is 8.01. The number of likely N-dealkylation sites (tertiary alicyclic amines) is 1. The van der Waals surface area contributed by atoms with Crippen molar-refractivity contribution in [2.45, 2.75) is 44.1 Å². The van der Waals surface area contributed by atoms with E-state index >= 15 is 0 Å². The van der Waals surface area contributed by atoms with Crippen molar-refractivity contribution in [1.29, 1.82) is 0 Å². The molecule has 4 aliphatic rings.